The van der Waals surface area contributed by atoms with Crippen LogP contribution in [0.2, 0.25) is 0 Å². The summed E-state index contributed by atoms with van der Waals surface area (Å²) in [6, 6.07) is 44.1. The van der Waals surface area contributed by atoms with Crippen LogP contribution in [-0.2, 0) is 38.8 Å². The van der Waals surface area contributed by atoms with Gasteiger partial charge in [0, 0.05) is 12.6 Å². The molecule has 1 amide bonds. The van der Waals surface area contributed by atoms with Crippen molar-refractivity contribution in [3.05, 3.63) is 162 Å². The number of nitrogens with one attached hydrogen (secondary N) is 1. The minimum absolute atomic E-state index is 0.173. The Morgan fingerprint density at radius 1 is 0.633 bits per heavy atom. The standard InChI is InChI=1S/C41H40FNO6/c1-43-40(44)35-20-12-11-19-34(35)32-21-23-33(24-22-32)48-41-39(47-28-31-17-9-4-10-18-31)38(46-27-30-15-7-3-8-16-30)37(36(25-42)49-41)45-26-29-13-5-2-6-14-29/h2-24,36-39,41H,25-28H2,1H3,(H,43,44)/t36-,37-,38+,39+,41+/m1/s1. The fourth-order valence-electron chi connectivity index (χ4n) is 5.88. The fraction of sp³-hybridized carbons (Fsp3) is 0.244. The van der Waals surface area contributed by atoms with Gasteiger partial charge in [-0.05, 0) is 46.0 Å². The molecule has 8 heteroatoms. The molecule has 0 spiro atoms. The highest BCUT2D eigenvalue weighted by molar-refractivity contribution is 6.00. The molecule has 1 aliphatic heterocycles. The van der Waals surface area contributed by atoms with Gasteiger partial charge in [0.2, 0.25) is 6.29 Å². The first kappa shape index (κ1) is 34.0. The number of hydrogen-bond donors (Lipinski definition) is 1. The summed E-state index contributed by atoms with van der Waals surface area (Å²) in [6.07, 6.45) is -4.33. The summed E-state index contributed by atoms with van der Waals surface area (Å²) < 4.78 is 47.2. The van der Waals surface area contributed by atoms with Crippen LogP contribution < -0.4 is 10.1 Å². The van der Waals surface area contributed by atoms with E-state index in [2.05, 4.69) is 5.32 Å². The summed E-state index contributed by atoms with van der Waals surface area (Å²) in [5.41, 5.74) is 5.05. The second kappa shape index (κ2) is 17.0. The van der Waals surface area contributed by atoms with Gasteiger partial charge in [0.15, 0.2) is 0 Å². The molecule has 0 saturated carbocycles. The van der Waals surface area contributed by atoms with Gasteiger partial charge in [0.05, 0.1) is 19.8 Å². The van der Waals surface area contributed by atoms with E-state index in [9.17, 15) is 9.18 Å². The van der Waals surface area contributed by atoms with Gasteiger partial charge in [0.25, 0.3) is 5.91 Å². The lowest BCUT2D eigenvalue weighted by Gasteiger charge is -2.45. The van der Waals surface area contributed by atoms with E-state index in [0.717, 1.165) is 27.8 Å². The van der Waals surface area contributed by atoms with Crippen LogP contribution in [0.1, 0.15) is 27.0 Å². The molecule has 0 unspecified atom stereocenters. The van der Waals surface area contributed by atoms with Gasteiger partial charge in [-0.15, -0.1) is 0 Å². The highest BCUT2D eigenvalue weighted by Crippen LogP contribution is 2.33. The maximum absolute atomic E-state index is 14.9. The summed E-state index contributed by atoms with van der Waals surface area (Å²) in [4.78, 5) is 12.5. The Balaban J connectivity index is 1.29. The molecule has 0 aromatic heterocycles. The molecule has 7 nitrogen and oxygen atoms in total. The van der Waals surface area contributed by atoms with Crippen LogP contribution >= 0.6 is 0 Å². The molecule has 1 fully saturated rings. The molecular weight excluding hydrogens is 621 g/mol. The number of hydrogen-bond acceptors (Lipinski definition) is 6. The average molecular weight is 662 g/mol. The van der Waals surface area contributed by atoms with Crippen molar-refractivity contribution >= 4 is 5.91 Å². The predicted octanol–water partition coefficient (Wildman–Crippen LogP) is 7.54. The molecule has 0 radical (unpaired) electrons. The summed E-state index contributed by atoms with van der Waals surface area (Å²) in [6.45, 7) is -0.0640. The largest absolute Gasteiger partial charge is 0.462 e. The molecule has 1 aliphatic rings. The fourth-order valence-corrected chi connectivity index (χ4v) is 5.88. The third kappa shape index (κ3) is 8.79. The minimum atomic E-state index is -1.02. The smallest absolute Gasteiger partial charge is 0.251 e. The van der Waals surface area contributed by atoms with Crippen LogP contribution in [-0.4, -0.2) is 50.3 Å². The highest BCUT2D eigenvalue weighted by atomic mass is 19.1. The minimum Gasteiger partial charge on any atom is -0.462 e. The molecule has 0 aliphatic carbocycles. The Kier molecular flexibility index (Phi) is 11.8. The Morgan fingerprint density at radius 2 is 1.12 bits per heavy atom. The Labute approximate surface area is 286 Å². The van der Waals surface area contributed by atoms with E-state index in [-0.39, 0.29) is 25.7 Å². The van der Waals surface area contributed by atoms with Crippen molar-refractivity contribution in [3.8, 4) is 16.9 Å². The molecule has 1 saturated heterocycles. The van der Waals surface area contributed by atoms with Crippen molar-refractivity contribution in [3.63, 3.8) is 0 Å². The number of halogens is 1. The number of alkyl halides is 1. The van der Waals surface area contributed by atoms with Gasteiger partial charge < -0.3 is 29.0 Å². The second-order valence-corrected chi connectivity index (χ2v) is 11.7. The van der Waals surface area contributed by atoms with Gasteiger partial charge in [-0.1, -0.05) is 121 Å². The van der Waals surface area contributed by atoms with E-state index in [1.54, 1.807) is 25.2 Å². The third-order valence-electron chi connectivity index (χ3n) is 8.42. The van der Waals surface area contributed by atoms with E-state index in [4.69, 9.17) is 23.7 Å². The van der Waals surface area contributed by atoms with Crippen molar-refractivity contribution in [1.29, 1.82) is 0 Å². The van der Waals surface area contributed by atoms with Gasteiger partial charge in [-0.2, -0.15) is 0 Å². The normalized spacial score (nSPS) is 20.4. The molecule has 252 valence electrons. The van der Waals surface area contributed by atoms with Crippen LogP contribution in [0.5, 0.6) is 5.75 Å². The van der Waals surface area contributed by atoms with Crippen molar-refractivity contribution in [2.75, 3.05) is 13.7 Å². The summed E-state index contributed by atoms with van der Waals surface area (Å²) in [5.74, 6) is 0.315. The van der Waals surface area contributed by atoms with E-state index in [1.165, 1.54) is 0 Å². The van der Waals surface area contributed by atoms with Crippen molar-refractivity contribution in [1.82, 2.24) is 5.32 Å². The first-order valence-electron chi connectivity index (χ1n) is 16.4. The first-order valence-corrected chi connectivity index (χ1v) is 16.4. The van der Waals surface area contributed by atoms with Crippen molar-refractivity contribution in [2.24, 2.45) is 0 Å². The van der Waals surface area contributed by atoms with Crippen LogP contribution in [0.3, 0.4) is 0 Å². The maximum Gasteiger partial charge on any atom is 0.251 e. The number of ether oxygens (including phenoxy) is 5. The summed E-state index contributed by atoms with van der Waals surface area (Å²) >= 11 is 0. The highest BCUT2D eigenvalue weighted by Gasteiger charge is 2.49. The molecule has 49 heavy (non-hydrogen) atoms. The molecule has 6 rings (SSSR count). The Bertz CT molecular complexity index is 1740. The topological polar surface area (TPSA) is 75.3 Å². The molecule has 5 aromatic rings. The molecule has 1 N–H and O–H groups in total. The van der Waals surface area contributed by atoms with Crippen molar-refractivity contribution < 1.29 is 32.9 Å². The van der Waals surface area contributed by atoms with E-state index >= 15 is 0 Å². The summed E-state index contributed by atoms with van der Waals surface area (Å²) in [5, 5.41) is 2.69. The predicted molar refractivity (Wildman–Crippen MR) is 186 cm³/mol. The molecule has 5 atom stereocenters. The van der Waals surface area contributed by atoms with Gasteiger partial charge in [-0.25, -0.2) is 4.39 Å². The maximum atomic E-state index is 14.9. The van der Waals surface area contributed by atoms with Gasteiger partial charge >= 0.3 is 0 Å². The molecule has 1 heterocycles. The number of rotatable bonds is 14. The van der Waals surface area contributed by atoms with Crippen molar-refractivity contribution in [2.45, 2.75) is 50.5 Å². The zero-order valence-electron chi connectivity index (χ0n) is 27.3. The van der Waals surface area contributed by atoms with Crippen LogP contribution in [0.15, 0.2) is 140 Å². The van der Waals surface area contributed by atoms with Gasteiger partial charge in [-0.3, -0.25) is 4.79 Å². The molecular formula is C41H40FNO6. The van der Waals surface area contributed by atoms with Crippen LogP contribution in [0.25, 0.3) is 11.1 Å². The zero-order valence-corrected chi connectivity index (χ0v) is 27.3. The number of carbonyl (C=O) groups is 1. The zero-order chi connectivity index (χ0) is 33.8. The van der Waals surface area contributed by atoms with E-state index in [0.29, 0.717) is 11.3 Å². The van der Waals surface area contributed by atoms with Gasteiger partial charge in [0.1, 0.15) is 36.8 Å². The lowest BCUT2D eigenvalue weighted by molar-refractivity contribution is -0.305. The molecule has 0 bridgehead atoms. The average Bonchev–Trinajstić information content (AvgIpc) is 3.17. The Morgan fingerprint density at radius 3 is 1.65 bits per heavy atom. The SMILES string of the molecule is CNC(=O)c1ccccc1-c1ccc(O[C@H]2O[C@H](CF)[C@@H](OCc3ccccc3)[C@H](OCc3ccccc3)[C@@H]2OCc2ccccc2)cc1. The van der Waals surface area contributed by atoms with Crippen LogP contribution in [0, 0.1) is 0 Å². The van der Waals surface area contributed by atoms with Crippen LogP contribution in [0.4, 0.5) is 4.39 Å². The lowest BCUT2D eigenvalue weighted by Crippen LogP contribution is -2.62. The summed E-state index contributed by atoms with van der Waals surface area (Å²) in [7, 11) is 1.61. The number of carbonyl (C=O) groups excluding carboxylic acids is 1. The van der Waals surface area contributed by atoms with E-state index < -0.39 is 37.4 Å². The molecule has 5 aromatic carbocycles. The number of amides is 1. The monoisotopic (exact) mass is 661 g/mol. The third-order valence-corrected chi connectivity index (χ3v) is 8.42. The second-order valence-electron chi connectivity index (χ2n) is 11.7. The van der Waals surface area contributed by atoms with E-state index in [1.807, 2.05) is 121 Å². The first-order chi connectivity index (χ1) is 24.1. The Hall–Kier alpha value is -4.86. The number of benzene rings is 5. The quantitative estimate of drug-likeness (QED) is 0.133. The lowest BCUT2D eigenvalue weighted by atomic mass is 9.98.